The number of hydrogen-bond donors (Lipinski definition) is 2. The Kier molecular flexibility index (Phi) is 11.1. The van der Waals surface area contributed by atoms with E-state index in [1.54, 1.807) is 6.92 Å². The van der Waals surface area contributed by atoms with Gasteiger partial charge in [-0.25, -0.2) is 4.79 Å². The Morgan fingerprint density at radius 1 is 1.50 bits per heavy atom. The van der Waals surface area contributed by atoms with Gasteiger partial charge in [-0.05, 0) is 21.0 Å². The van der Waals surface area contributed by atoms with Gasteiger partial charge in [-0.1, -0.05) is 6.58 Å². The molecule has 0 aromatic rings. The number of nitrogens with zero attached hydrogens (tertiary/aromatic N) is 1. The van der Waals surface area contributed by atoms with E-state index in [-0.39, 0.29) is 24.1 Å². The average molecular weight is 255 g/mol. The molecule has 0 fully saturated rings. The van der Waals surface area contributed by atoms with Crippen molar-refractivity contribution in [2.45, 2.75) is 26.1 Å². The molecule has 16 heavy (non-hydrogen) atoms. The molecular weight excluding hydrogens is 232 g/mol. The summed E-state index contributed by atoms with van der Waals surface area (Å²) in [4.78, 5) is 13.0. The van der Waals surface area contributed by atoms with Gasteiger partial charge in [0.15, 0.2) is 0 Å². The third kappa shape index (κ3) is 9.92. The Morgan fingerprint density at radius 3 is 2.25 bits per heavy atom. The van der Waals surface area contributed by atoms with Crippen LogP contribution in [0.3, 0.4) is 0 Å². The summed E-state index contributed by atoms with van der Waals surface area (Å²) in [5, 5.41) is 9.67. The number of hydrogen-bond acceptors (Lipinski definition) is 5. The Hall–Kier alpha value is -0.620. The Labute approximate surface area is 103 Å². The van der Waals surface area contributed by atoms with Crippen LogP contribution in [0, 0.1) is 0 Å². The van der Waals surface area contributed by atoms with E-state index < -0.39 is 11.8 Å². The molecule has 0 aliphatic heterocycles. The fourth-order valence-corrected chi connectivity index (χ4v) is 0.769. The van der Waals surface area contributed by atoms with Gasteiger partial charge in [-0.3, -0.25) is 0 Å². The number of rotatable bonds is 5. The molecular formula is C10H23ClN2O3. The second-order valence-corrected chi connectivity index (χ2v) is 3.90. The van der Waals surface area contributed by atoms with E-state index in [1.807, 2.05) is 19.0 Å². The van der Waals surface area contributed by atoms with Crippen molar-refractivity contribution in [1.29, 1.82) is 0 Å². The van der Waals surface area contributed by atoms with E-state index >= 15 is 0 Å². The van der Waals surface area contributed by atoms with E-state index in [4.69, 9.17) is 4.74 Å². The van der Waals surface area contributed by atoms with Crippen LogP contribution in [0.25, 0.3) is 0 Å². The van der Waals surface area contributed by atoms with Gasteiger partial charge in [0.1, 0.15) is 0 Å². The maximum absolute atomic E-state index is 11.1. The molecule has 0 saturated heterocycles. The van der Waals surface area contributed by atoms with Crippen LogP contribution in [0.2, 0.25) is 0 Å². The minimum Gasteiger partial charge on any atom is -0.430 e. The summed E-state index contributed by atoms with van der Waals surface area (Å²) in [5.74, 6) is -1.98. The Bertz CT molecular complexity index is 230. The van der Waals surface area contributed by atoms with Crippen molar-refractivity contribution >= 4 is 18.4 Å². The topological polar surface area (TPSA) is 84.8 Å². The fraction of sp³-hybridized carbons (Fsp3) is 0.700. The van der Waals surface area contributed by atoms with E-state index in [0.717, 1.165) is 0 Å². The normalized spacial score (nSPS) is 13.1. The lowest BCUT2D eigenvalue weighted by Crippen LogP contribution is -2.35. The van der Waals surface area contributed by atoms with E-state index in [2.05, 4.69) is 6.58 Å². The first-order valence-electron chi connectivity index (χ1n) is 4.50. The maximum atomic E-state index is 11.1. The van der Waals surface area contributed by atoms with Gasteiger partial charge in [0.25, 0.3) is 0 Å². The molecule has 0 heterocycles. The van der Waals surface area contributed by atoms with Gasteiger partial charge in [0.2, 0.25) is 5.79 Å². The maximum Gasteiger partial charge on any atom is 0.335 e. The highest BCUT2D eigenvalue weighted by molar-refractivity contribution is 5.87. The van der Waals surface area contributed by atoms with E-state index in [9.17, 15) is 9.90 Å². The molecule has 1 unspecified atom stereocenters. The van der Waals surface area contributed by atoms with Crippen molar-refractivity contribution < 1.29 is 14.6 Å². The lowest BCUT2D eigenvalue weighted by atomic mass is 10.2. The highest BCUT2D eigenvalue weighted by Crippen LogP contribution is 2.13. The average Bonchev–Trinajstić information content (AvgIpc) is 2.00. The van der Waals surface area contributed by atoms with Crippen LogP contribution in [-0.4, -0.2) is 42.4 Å². The molecule has 0 radical (unpaired) electrons. The van der Waals surface area contributed by atoms with Crippen LogP contribution in [0.15, 0.2) is 12.2 Å². The number of carbonyl (C=O) groups excluding carboxylic acids is 1. The highest BCUT2D eigenvalue weighted by Gasteiger charge is 2.25. The number of aliphatic hydroxyl groups is 1. The van der Waals surface area contributed by atoms with Crippen molar-refractivity contribution in [2.75, 3.05) is 20.6 Å². The summed E-state index contributed by atoms with van der Waals surface area (Å²) in [6.07, 6.45) is 0.374. The molecule has 1 atom stereocenters. The number of carbonyl (C=O) groups is 1. The van der Waals surface area contributed by atoms with Crippen molar-refractivity contribution in [3.63, 3.8) is 0 Å². The van der Waals surface area contributed by atoms with Crippen LogP contribution < -0.4 is 6.15 Å². The summed E-state index contributed by atoms with van der Waals surface area (Å²) in [6, 6.07) is 0. The predicted molar refractivity (Wildman–Crippen MR) is 67.0 cm³/mol. The summed E-state index contributed by atoms with van der Waals surface area (Å²) >= 11 is 0. The molecule has 0 aromatic heterocycles. The molecule has 0 amide bonds. The van der Waals surface area contributed by atoms with Crippen LogP contribution in [0.4, 0.5) is 0 Å². The van der Waals surface area contributed by atoms with Crippen molar-refractivity contribution in [2.24, 2.45) is 0 Å². The summed E-state index contributed by atoms with van der Waals surface area (Å²) in [7, 11) is 3.77. The van der Waals surface area contributed by atoms with Gasteiger partial charge in [0, 0.05) is 25.5 Å². The second kappa shape index (κ2) is 8.52. The zero-order valence-corrected chi connectivity index (χ0v) is 11.3. The lowest BCUT2D eigenvalue weighted by Gasteiger charge is -2.25. The molecule has 0 aliphatic carbocycles. The lowest BCUT2D eigenvalue weighted by molar-refractivity contribution is -0.200. The molecule has 0 aliphatic rings. The third-order valence-corrected chi connectivity index (χ3v) is 1.68. The molecule has 5 nitrogen and oxygen atoms in total. The zero-order valence-electron chi connectivity index (χ0n) is 10.4. The molecule has 4 N–H and O–H groups in total. The number of esters is 1. The predicted octanol–water partition coefficient (Wildman–Crippen LogP) is 1.35. The van der Waals surface area contributed by atoms with Crippen molar-refractivity contribution in [1.82, 2.24) is 11.1 Å². The van der Waals surface area contributed by atoms with Crippen LogP contribution >= 0.6 is 12.4 Å². The van der Waals surface area contributed by atoms with Crippen molar-refractivity contribution in [3.8, 4) is 0 Å². The Balaban J connectivity index is -0.000000845. The molecule has 0 bridgehead atoms. The fourth-order valence-electron chi connectivity index (χ4n) is 0.769. The molecule has 0 rings (SSSR count). The minimum atomic E-state index is -1.42. The second-order valence-electron chi connectivity index (χ2n) is 3.90. The quantitative estimate of drug-likeness (QED) is 0.440. The third-order valence-electron chi connectivity index (χ3n) is 1.68. The zero-order chi connectivity index (χ0) is 11.4. The molecule has 0 saturated carbocycles. The van der Waals surface area contributed by atoms with Crippen LogP contribution in [0.1, 0.15) is 20.3 Å². The SMILES string of the molecule is C=C(C)C(=O)OC(C)(O)CCN(C)C.Cl.N. The molecule has 0 aromatic carbocycles. The number of ether oxygens (including phenoxy) is 1. The summed E-state index contributed by atoms with van der Waals surface area (Å²) < 4.78 is 4.84. The first kappa shape index (κ1) is 20.8. The summed E-state index contributed by atoms with van der Waals surface area (Å²) in [6.45, 7) is 7.10. The molecule has 6 heteroatoms. The highest BCUT2D eigenvalue weighted by atomic mass is 35.5. The first-order chi connectivity index (χ1) is 6.24. The smallest absolute Gasteiger partial charge is 0.335 e. The standard InChI is InChI=1S/C10H19NO3.ClH.H3N/c1-8(2)9(12)14-10(3,13)6-7-11(4)5;;/h13H,1,6-7H2,2-5H3;1H;1H3. The molecule has 98 valence electrons. The monoisotopic (exact) mass is 254 g/mol. The number of halogens is 1. The van der Waals surface area contributed by atoms with Gasteiger partial charge in [-0.15, -0.1) is 12.4 Å². The van der Waals surface area contributed by atoms with Gasteiger partial charge in [0.05, 0.1) is 0 Å². The van der Waals surface area contributed by atoms with E-state index in [0.29, 0.717) is 13.0 Å². The van der Waals surface area contributed by atoms with Crippen LogP contribution in [0.5, 0.6) is 0 Å². The van der Waals surface area contributed by atoms with Crippen molar-refractivity contribution in [3.05, 3.63) is 12.2 Å². The molecule has 0 spiro atoms. The minimum absolute atomic E-state index is 0. The first-order valence-corrected chi connectivity index (χ1v) is 4.50. The summed E-state index contributed by atoms with van der Waals surface area (Å²) in [5.41, 5.74) is 0.287. The van der Waals surface area contributed by atoms with E-state index in [1.165, 1.54) is 6.92 Å². The largest absolute Gasteiger partial charge is 0.430 e. The van der Waals surface area contributed by atoms with Crippen LogP contribution in [-0.2, 0) is 9.53 Å². The van der Waals surface area contributed by atoms with Gasteiger partial charge >= 0.3 is 5.97 Å². The van der Waals surface area contributed by atoms with Gasteiger partial charge in [-0.2, -0.15) is 0 Å². The van der Waals surface area contributed by atoms with Gasteiger partial charge < -0.3 is 20.9 Å². The Morgan fingerprint density at radius 2 is 1.94 bits per heavy atom.